The molecule has 1 aliphatic rings. The topological polar surface area (TPSA) is 57.4 Å². The number of pyridine rings is 1. The highest BCUT2D eigenvalue weighted by Gasteiger charge is 2.52. The third-order valence-corrected chi connectivity index (χ3v) is 3.88. The minimum absolute atomic E-state index is 0.262. The van der Waals surface area contributed by atoms with Gasteiger partial charge >= 0.3 is 7.12 Å². The average molecular weight is 266 g/mol. The molecule has 0 saturated carbocycles. The van der Waals surface area contributed by atoms with Gasteiger partial charge in [-0.25, -0.2) is 4.39 Å². The molecule has 0 spiro atoms. The molecule has 2 heterocycles. The molecule has 0 bridgehead atoms. The summed E-state index contributed by atoms with van der Waals surface area (Å²) >= 11 is 0. The van der Waals surface area contributed by atoms with Gasteiger partial charge in [0.15, 0.2) is 0 Å². The normalized spacial score (nSPS) is 22.6. The predicted molar refractivity (Wildman–Crippen MR) is 72.5 cm³/mol. The van der Waals surface area contributed by atoms with E-state index >= 15 is 0 Å². The Kier molecular flexibility index (Phi) is 3.45. The Balaban J connectivity index is 2.36. The molecule has 1 atom stereocenters. The Morgan fingerprint density at radius 3 is 2.26 bits per heavy atom. The molecule has 104 valence electrons. The maximum absolute atomic E-state index is 13.9. The molecule has 0 radical (unpaired) electrons. The summed E-state index contributed by atoms with van der Waals surface area (Å²) in [6, 6.07) is 1.35. The van der Waals surface area contributed by atoms with Crippen LogP contribution in [0.4, 0.5) is 4.39 Å². The molecule has 0 aromatic carbocycles. The monoisotopic (exact) mass is 266 g/mol. The van der Waals surface area contributed by atoms with Crippen LogP contribution < -0.4 is 11.2 Å². The molecule has 1 aromatic rings. The number of hydrogen-bond donors (Lipinski definition) is 1. The number of halogens is 1. The number of aromatic nitrogens is 1. The first kappa shape index (κ1) is 14.4. The van der Waals surface area contributed by atoms with Crippen LogP contribution in [-0.4, -0.2) is 23.3 Å². The highest BCUT2D eigenvalue weighted by atomic mass is 19.1. The fraction of sp³-hybridized carbons (Fsp3) is 0.615. The van der Waals surface area contributed by atoms with Crippen molar-refractivity contribution in [3.63, 3.8) is 0 Å². The van der Waals surface area contributed by atoms with Crippen molar-refractivity contribution >= 4 is 12.6 Å². The molecule has 1 fully saturated rings. The lowest BCUT2D eigenvalue weighted by atomic mass is 9.78. The smallest absolute Gasteiger partial charge is 0.399 e. The Morgan fingerprint density at radius 2 is 1.79 bits per heavy atom. The minimum Gasteiger partial charge on any atom is -0.399 e. The zero-order valence-electron chi connectivity index (χ0n) is 12.0. The van der Waals surface area contributed by atoms with Crippen molar-refractivity contribution in [2.24, 2.45) is 5.73 Å². The standard InChI is InChI=1S/C13H20BFN2O2/c1-8(16)11-6-9(10(15)7-17-11)14-18-12(2,3)13(4,5)19-14/h6-8H,16H2,1-5H3. The number of rotatable bonds is 2. The van der Waals surface area contributed by atoms with Crippen molar-refractivity contribution in [3.05, 3.63) is 23.8 Å². The Hall–Kier alpha value is -0.975. The maximum atomic E-state index is 13.9. The van der Waals surface area contributed by atoms with Gasteiger partial charge in [0, 0.05) is 11.5 Å². The van der Waals surface area contributed by atoms with Crippen molar-refractivity contribution in [2.75, 3.05) is 0 Å². The van der Waals surface area contributed by atoms with E-state index in [0.717, 1.165) is 0 Å². The van der Waals surface area contributed by atoms with E-state index in [1.807, 2.05) is 27.7 Å². The van der Waals surface area contributed by atoms with Crippen molar-refractivity contribution in [2.45, 2.75) is 51.9 Å². The fourth-order valence-corrected chi connectivity index (χ4v) is 1.87. The number of hydrogen-bond acceptors (Lipinski definition) is 4. The van der Waals surface area contributed by atoms with Crippen molar-refractivity contribution in [3.8, 4) is 0 Å². The second-order valence-electron chi connectivity index (χ2n) is 6.01. The molecule has 0 amide bonds. The molecule has 1 unspecified atom stereocenters. The molecule has 2 N–H and O–H groups in total. The van der Waals surface area contributed by atoms with E-state index in [0.29, 0.717) is 11.2 Å². The fourth-order valence-electron chi connectivity index (χ4n) is 1.87. The molecular weight excluding hydrogens is 246 g/mol. The molecule has 1 aliphatic heterocycles. The lowest BCUT2D eigenvalue weighted by Crippen LogP contribution is -2.41. The van der Waals surface area contributed by atoms with E-state index in [1.165, 1.54) is 6.20 Å². The largest absolute Gasteiger partial charge is 0.497 e. The van der Waals surface area contributed by atoms with Crippen LogP contribution >= 0.6 is 0 Å². The van der Waals surface area contributed by atoms with E-state index in [1.54, 1.807) is 13.0 Å². The molecule has 2 rings (SSSR count). The van der Waals surface area contributed by atoms with Gasteiger partial charge in [-0.05, 0) is 40.7 Å². The summed E-state index contributed by atoms with van der Waals surface area (Å²) in [4.78, 5) is 3.97. The van der Waals surface area contributed by atoms with Crippen LogP contribution in [0.2, 0.25) is 0 Å². The Morgan fingerprint density at radius 1 is 1.26 bits per heavy atom. The van der Waals surface area contributed by atoms with Gasteiger partial charge in [-0.2, -0.15) is 0 Å². The molecule has 1 saturated heterocycles. The summed E-state index contributed by atoms with van der Waals surface area (Å²) in [5.41, 5.74) is 5.74. The number of nitrogens with two attached hydrogens (primary N) is 1. The molecule has 4 nitrogen and oxygen atoms in total. The quantitative estimate of drug-likeness (QED) is 0.825. The van der Waals surface area contributed by atoms with Gasteiger partial charge in [0.25, 0.3) is 0 Å². The van der Waals surface area contributed by atoms with E-state index in [2.05, 4.69) is 4.98 Å². The van der Waals surface area contributed by atoms with Gasteiger partial charge in [-0.3, -0.25) is 4.98 Å². The van der Waals surface area contributed by atoms with Crippen LogP contribution in [0.3, 0.4) is 0 Å². The minimum atomic E-state index is -0.731. The summed E-state index contributed by atoms with van der Waals surface area (Å²) in [6.45, 7) is 9.52. The van der Waals surface area contributed by atoms with Gasteiger partial charge in [0.05, 0.1) is 23.1 Å². The van der Waals surface area contributed by atoms with Crippen LogP contribution in [0, 0.1) is 5.82 Å². The highest BCUT2D eigenvalue weighted by molar-refractivity contribution is 6.62. The SMILES string of the molecule is CC(N)c1cc(B2OC(C)(C)C(C)(C)O2)c(F)cn1. The summed E-state index contributed by atoms with van der Waals surface area (Å²) in [5.74, 6) is -0.442. The lowest BCUT2D eigenvalue weighted by Gasteiger charge is -2.32. The van der Waals surface area contributed by atoms with E-state index in [9.17, 15) is 4.39 Å². The third kappa shape index (κ3) is 2.52. The molecule has 6 heteroatoms. The first-order valence-electron chi connectivity index (χ1n) is 6.40. The third-order valence-electron chi connectivity index (χ3n) is 3.88. The molecule has 0 aliphatic carbocycles. The van der Waals surface area contributed by atoms with Crippen LogP contribution in [0.5, 0.6) is 0 Å². The summed E-state index contributed by atoms with van der Waals surface area (Å²) in [7, 11) is -0.731. The van der Waals surface area contributed by atoms with Crippen LogP contribution in [0.1, 0.15) is 46.4 Å². The van der Waals surface area contributed by atoms with Crippen molar-refractivity contribution in [1.82, 2.24) is 4.98 Å². The first-order chi connectivity index (χ1) is 8.64. The number of nitrogens with zero attached hydrogens (tertiary/aromatic N) is 1. The van der Waals surface area contributed by atoms with Gasteiger partial charge in [0.2, 0.25) is 0 Å². The first-order valence-corrected chi connectivity index (χ1v) is 6.40. The van der Waals surface area contributed by atoms with Crippen LogP contribution in [0.25, 0.3) is 0 Å². The predicted octanol–water partition coefficient (Wildman–Crippen LogP) is 1.54. The lowest BCUT2D eigenvalue weighted by molar-refractivity contribution is 0.00578. The second kappa shape index (κ2) is 4.54. The average Bonchev–Trinajstić information content (AvgIpc) is 2.48. The summed E-state index contributed by atoms with van der Waals surface area (Å²) < 4.78 is 25.6. The zero-order chi connectivity index (χ0) is 14.4. The van der Waals surface area contributed by atoms with Gasteiger partial charge in [-0.15, -0.1) is 0 Å². The maximum Gasteiger partial charge on any atom is 0.497 e. The van der Waals surface area contributed by atoms with E-state index in [-0.39, 0.29) is 6.04 Å². The van der Waals surface area contributed by atoms with E-state index < -0.39 is 24.1 Å². The molecular formula is C13H20BFN2O2. The second-order valence-corrected chi connectivity index (χ2v) is 6.01. The van der Waals surface area contributed by atoms with Crippen LogP contribution in [-0.2, 0) is 9.31 Å². The van der Waals surface area contributed by atoms with E-state index in [4.69, 9.17) is 15.0 Å². The van der Waals surface area contributed by atoms with Crippen molar-refractivity contribution in [1.29, 1.82) is 0 Å². The summed E-state index contributed by atoms with van der Waals surface area (Å²) in [6.07, 6.45) is 1.17. The summed E-state index contributed by atoms with van der Waals surface area (Å²) in [5, 5.41) is 0. The zero-order valence-corrected chi connectivity index (χ0v) is 12.0. The Labute approximate surface area is 113 Å². The van der Waals surface area contributed by atoms with Crippen LogP contribution in [0.15, 0.2) is 12.3 Å². The van der Waals surface area contributed by atoms with Crippen molar-refractivity contribution < 1.29 is 13.7 Å². The highest BCUT2D eigenvalue weighted by Crippen LogP contribution is 2.36. The molecule has 19 heavy (non-hydrogen) atoms. The van der Waals surface area contributed by atoms with Gasteiger partial charge < -0.3 is 15.0 Å². The Bertz CT molecular complexity index is 476. The van der Waals surface area contributed by atoms with Gasteiger partial charge in [-0.1, -0.05) is 0 Å². The van der Waals surface area contributed by atoms with Gasteiger partial charge in [0.1, 0.15) is 5.82 Å². The molecule has 1 aromatic heterocycles.